The van der Waals surface area contributed by atoms with E-state index in [0.29, 0.717) is 26.4 Å². The minimum Gasteiger partial charge on any atom is -0.491 e. The Morgan fingerprint density at radius 1 is 1.29 bits per heavy atom. The van der Waals surface area contributed by atoms with E-state index in [0.717, 1.165) is 42.6 Å². The first-order chi connectivity index (χ1) is 11.0. The van der Waals surface area contributed by atoms with Crippen LogP contribution in [0.25, 0.3) is 0 Å². The molecule has 5 nitrogen and oxygen atoms in total. The lowest BCUT2D eigenvalue weighted by Gasteiger charge is -2.22. The Labute approximate surface area is 150 Å². The second kappa shape index (κ2) is 9.87. The zero-order valence-corrected chi connectivity index (χ0v) is 15.4. The number of nitrogens with one attached hydrogen (secondary N) is 1. The first-order valence-corrected chi connectivity index (χ1v) is 8.42. The fourth-order valence-corrected chi connectivity index (χ4v) is 2.88. The number of nitrogens with two attached hydrogens (primary N) is 1. The normalized spacial score (nSPS) is 15.6. The van der Waals surface area contributed by atoms with Crippen LogP contribution >= 0.6 is 12.4 Å². The van der Waals surface area contributed by atoms with E-state index < -0.39 is 5.54 Å². The molecule has 0 radical (unpaired) electrons. The highest BCUT2D eigenvalue weighted by Crippen LogP contribution is 2.27. The van der Waals surface area contributed by atoms with Crippen molar-refractivity contribution in [2.45, 2.75) is 51.6 Å². The summed E-state index contributed by atoms with van der Waals surface area (Å²) < 4.78 is 11.1. The van der Waals surface area contributed by atoms with E-state index in [2.05, 4.69) is 5.32 Å². The van der Waals surface area contributed by atoms with Gasteiger partial charge >= 0.3 is 0 Å². The van der Waals surface area contributed by atoms with Gasteiger partial charge in [-0.1, -0.05) is 25.0 Å². The molecule has 0 spiro atoms. The number of halogens is 1. The molecule has 0 heterocycles. The van der Waals surface area contributed by atoms with Gasteiger partial charge < -0.3 is 20.5 Å². The number of carbonyl (C=O) groups excluding carboxylic acids is 1. The molecular weight excluding hydrogens is 328 g/mol. The summed E-state index contributed by atoms with van der Waals surface area (Å²) in [5.74, 6) is 0.735. The van der Waals surface area contributed by atoms with Gasteiger partial charge in [0.25, 0.3) is 0 Å². The molecule has 1 aliphatic rings. The van der Waals surface area contributed by atoms with E-state index in [9.17, 15) is 4.79 Å². The topological polar surface area (TPSA) is 73.6 Å². The number of amides is 1. The average molecular weight is 357 g/mol. The molecule has 1 aromatic carbocycles. The molecule has 0 aromatic heterocycles. The highest BCUT2D eigenvalue weighted by atomic mass is 35.5. The number of hydrogen-bond donors (Lipinski definition) is 2. The number of ether oxygens (including phenoxy) is 2. The lowest BCUT2D eigenvalue weighted by atomic mass is 9.98. The highest BCUT2D eigenvalue weighted by molar-refractivity contribution is 5.86. The fraction of sp³-hybridized carbons (Fsp3) is 0.611. The average Bonchev–Trinajstić information content (AvgIpc) is 2.98. The molecule has 0 atom stereocenters. The van der Waals surface area contributed by atoms with Crippen molar-refractivity contribution in [1.29, 1.82) is 0 Å². The molecule has 1 amide bonds. The Morgan fingerprint density at radius 2 is 2.00 bits per heavy atom. The molecule has 0 saturated heterocycles. The summed E-state index contributed by atoms with van der Waals surface area (Å²) in [5, 5.41) is 2.97. The summed E-state index contributed by atoms with van der Waals surface area (Å²) in [7, 11) is 0. The van der Waals surface area contributed by atoms with E-state index in [4.69, 9.17) is 15.2 Å². The van der Waals surface area contributed by atoms with Gasteiger partial charge in [-0.15, -0.1) is 12.4 Å². The van der Waals surface area contributed by atoms with Crippen LogP contribution < -0.4 is 15.8 Å². The maximum atomic E-state index is 12.3. The third-order valence-corrected chi connectivity index (χ3v) is 4.30. The van der Waals surface area contributed by atoms with E-state index in [-0.39, 0.29) is 18.3 Å². The Bertz CT molecular complexity index is 531. The molecule has 24 heavy (non-hydrogen) atoms. The Kier molecular flexibility index (Phi) is 8.53. The summed E-state index contributed by atoms with van der Waals surface area (Å²) in [6, 6.07) is 6.00. The summed E-state index contributed by atoms with van der Waals surface area (Å²) in [6.45, 7) is 6.15. The quantitative estimate of drug-likeness (QED) is 0.702. The standard InChI is InChI=1S/C18H28N2O3.ClH/c1-3-22-10-11-23-16-12-14(2)6-7-15(16)13-20-17(21)18(19)8-4-5-9-18;/h6-7,12H,3-5,8-11,13,19H2,1-2H3,(H,20,21);1H. The molecule has 0 aliphatic heterocycles. The monoisotopic (exact) mass is 356 g/mol. The molecule has 1 saturated carbocycles. The van der Waals surface area contributed by atoms with Gasteiger partial charge in [-0.25, -0.2) is 0 Å². The van der Waals surface area contributed by atoms with Crippen LogP contribution in [-0.2, 0) is 16.1 Å². The summed E-state index contributed by atoms with van der Waals surface area (Å²) in [4.78, 5) is 12.3. The van der Waals surface area contributed by atoms with Crippen molar-refractivity contribution >= 4 is 18.3 Å². The van der Waals surface area contributed by atoms with Crippen LogP contribution in [0.2, 0.25) is 0 Å². The van der Waals surface area contributed by atoms with Crippen molar-refractivity contribution in [3.8, 4) is 5.75 Å². The van der Waals surface area contributed by atoms with Gasteiger partial charge in [0.1, 0.15) is 12.4 Å². The van der Waals surface area contributed by atoms with Crippen molar-refractivity contribution in [1.82, 2.24) is 5.32 Å². The predicted molar refractivity (Wildman–Crippen MR) is 97.6 cm³/mol. The zero-order valence-electron chi connectivity index (χ0n) is 14.6. The Morgan fingerprint density at radius 3 is 2.67 bits per heavy atom. The van der Waals surface area contributed by atoms with Crippen LogP contribution in [0.3, 0.4) is 0 Å². The second-order valence-electron chi connectivity index (χ2n) is 6.20. The first-order valence-electron chi connectivity index (χ1n) is 8.42. The van der Waals surface area contributed by atoms with Crippen LogP contribution in [-0.4, -0.2) is 31.3 Å². The lowest BCUT2D eigenvalue weighted by Crippen LogP contribution is -2.51. The van der Waals surface area contributed by atoms with Crippen LogP contribution in [0.1, 0.15) is 43.7 Å². The molecule has 1 aliphatic carbocycles. The number of benzene rings is 1. The Balaban J connectivity index is 0.00000288. The zero-order chi connectivity index (χ0) is 16.7. The number of aryl methyl sites for hydroxylation is 1. The van der Waals surface area contributed by atoms with Gasteiger partial charge in [-0.05, 0) is 38.3 Å². The number of carbonyl (C=O) groups is 1. The van der Waals surface area contributed by atoms with Crippen molar-refractivity contribution in [3.05, 3.63) is 29.3 Å². The fourth-order valence-electron chi connectivity index (χ4n) is 2.88. The van der Waals surface area contributed by atoms with Gasteiger partial charge in [0, 0.05) is 18.7 Å². The van der Waals surface area contributed by atoms with E-state index in [1.165, 1.54) is 0 Å². The third kappa shape index (κ3) is 5.65. The Hall–Kier alpha value is -1.30. The maximum Gasteiger partial charge on any atom is 0.240 e. The minimum atomic E-state index is -0.694. The molecule has 1 aromatic rings. The molecule has 0 bridgehead atoms. The smallest absolute Gasteiger partial charge is 0.240 e. The van der Waals surface area contributed by atoms with Crippen LogP contribution in [0.4, 0.5) is 0 Å². The van der Waals surface area contributed by atoms with Crippen molar-refractivity contribution in [2.24, 2.45) is 5.73 Å². The van der Waals surface area contributed by atoms with E-state index in [1.807, 2.05) is 32.0 Å². The molecule has 2 rings (SSSR count). The minimum absolute atomic E-state index is 0. The first kappa shape index (κ1) is 20.7. The summed E-state index contributed by atoms with van der Waals surface area (Å²) in [5.41, 5.74) is 7.57. The molecule has 6 heteroatoms. The number of rotatable bonds is 8. The predicted octanol–water partition coefficient (Wildman–Crippen LogP) is 2.72. The van der Waals surface area contributed by atoms with Crippen molar-refractivity contribution in [3.63, 3.8) is 0 Å². The van der Waals surface area contributed by atoms with Crippen molar-refractivity contribution in [2.75, 3.05) is 19.8 Å². The van der Waals surface area contributed by atoms with Crippen LogP contribution in [0.5, 0.6) is 5.75 Å². The molecule has 1 fully saturated rings. The van der Waals surface area contributed by atoms with Crippen LogP contribution in [0.15, 0.2) is 18.2 Å². The number of hydrogen-bond acceptors (Lipinski definition) is 4. The third-order valence-electron chi connectivity index (χ3n) is 4.30. The summed E-state index contributed by atoms with van der Waals surface area (Å²) in [6.07, 6.45) is 3.59. The molecule has 136 valence electrons. The van der Waals surface area contributed by atoms with E-state index >= 15 is 0 Å². The molecule has 0 unspecified atom stereocenters. The van der Waals surface area contributed by atoms with Crippen LogP contribution in [0, 0.1) is 6.92 Å². The maximum absolute atomic E-state index is 12.3. The SMILES string of the molecule is CCOCCOc1cc(C)ccc1CNC(=O)C1(N)CCCC1.Cl. The van der Waals surface area contributed by atoms with E-state index in [1.54, 1.807) is 0 Å². The van der Waals surface area contributed by atoms with Gasteiger partial charge in [-0.2, -0.15) is 0 Å². The molecule has 3 N–H and O–H groups in total. The summed E-state index contributed by atoms with van der Waals surface area (Å²) >= 11 is 0. The highest BCUT2D eigenvalue weighted by Gasteiger charge is 2.36. The van der Waals surface area contributed by atoms with Gasteiger partial charge in [0.2, 0.25) is 5.91 Å². The second-order valence-corrected chi connectivity index (χ2v) is 6.20. The van der Waals surface area contributed by atoms with Gasteiger partial charge in [0.15, 0.2) is 0 Å². The molecular formula is C18H29ClN2O3. The largest absolute Gasteiger partial charge is 0.491 e. The van der Waals surface area contributed by atoms with Crippen molar-refractivity contribution < 1.29 is 14.3 Å². The van der Waals surface area contributed by atoms with Gasteiger partial charge in [-0.3, -0.25) is 4.79 Å². The lowest BCUT2D eigenvalue weighted by molar-refractivity contribution is -0.126. The van der Waals surface area contributed by atoms with Gasteiger partial charge in [0.05, 0.1) is 12.1 Å².